The van der Waals surface area contributed by atoms with Gasteiger partial charge < -0.3 is 5.11 Å². The molecule has 0 spiro atoms. The molecular weight excluding hydrogens is 284 g/mol. The van der Waals surface area contributed by atoms with Crippen LogP contribution in [0.1, 0.15) is 5.56 Å². The molecule has 0 aliphatic carbocycles. The van der Waals surface area contributed by atoms with E-state index in [1.165, 1.54) is 22.6 Å². The summed E-state index contributed by atoms with van der Waals surface area (Å²) in [5.74, 6) is -4.42. The topological polar surface area (TPSA) is 20.2 Å². The van der Waals surface area contributed by atoms with Crippen molar-refractivity contribution in [1.82, 2.24) is 0 Å². The van der Waals surface area contributed by atoms with Crippen LogP contribution in [0.15, 0.2) is 0 Å². The predicted molar refractivity (Wildman–Crippen MR) is 45.4 cm³/mol. The van der Waals surface area contributed by atoms with E-state index in [4.69, 9.17) is 5.11 Å². The molecule has 1 nitrogen and oxygen atoms in total. The average molecular weight is 288 g/mol. The fraction of sp³-hybridized carbons (Fsp3) is 0.143. The Labute approximate surface area is 80.3 Å². The van der Waals surface area contributed by atoms with Gasteiger partial charge in [-0.25, -0.2) is 13.2 Å². The van der Waals surface area contributed by atoms with Crippen LogP contribution < -0.4 is 0 Å². The molecule has 0 atom stereocenters. The van der Waals surface area contributed by atoms with Gasteiger partial charge >= 0.3 is 0 Å². The van der Waals surface area contributed by atoms with Crippen molar-refractivity contribution in [3.63, 3.8) is 0 Å². The largest absolute Gasteiger partial charge is 0.504 e. The van der Waals surface area contributed by atoms with Crippen LogP contribution in [-0.4, -0.2) is 5.11 Å². The highest BCUT2D eigenvalue weighted by atomic mass is 127. The van der Waals surface area contributed by atoms with Gasteiger partial charge in [0.15, 0.2) is 23.2 Å². The van der Waals surface area contributed by atoms with Gasteiger partial charge in [-0.15, -0.1) is 0 Å². The highest BCUT2D eigenvalue weighted by Crippen LogP contribution is 2.30. The zero-order chi connectivity index (χ0) is 9.46. The van der Waals surface area contributed by atoms with E-state index in [1.54, 1.807) is 0 Å². The second-order valence-corrected chi connectivity index (χ2v) is 3.31. The van der Waals surface area contributed by atoms with Gasteiger partial charge in [0.1, 0.15) is 0 Å². The Bertz CT molecular complexity index is 233. The zero-order valence-electron chi connectivity index (χ0n) is 5.96. The van der Waals surface area contributed by atoms with Crippen LogP contribution in [0.3, 0.4) is 0 Å². The second kappa shape index (κ2) is 3.12. The summed E-state index contributed by atoms with van der Waals surface area (Å²) in [6, 6.07) is 0. The summed E-state index contributed by atoms with van der Waals surface area (Å²) in [5.41, 5.74) is -0.509. The molecule has 0 heterocycles. The van der Waals surface area contributed by atoms with Gasteiger partial charge in [-0.05, 0) is 29.5 Å². The van der Waals surface area contributed by atoms with Crippen molar-refractivity contribution in [2.24, 2.45) is 0 Å². The molecule has 12 heavy (non-hydrogen) atoms. The van der Waals surface area contributed by atoms with E-state index in [-0.39, 0.29) is 0 Å². The molecule has 0 aromatic heterocycles. The minimum atomic E-state index is -1.25. The number of aromatic hydroxyl groups is 1. The number of phenols is 1. The lowest BCUT2D eigenvalue weighted by atomic mass is 10.2. The van der Waals surface area contributed by atoms with Crippen molar-refractivity contribution in [1.29, 1.82) is 0 Å². The van der Waals surface area contributed by atoms with Gasteiger partial charge in [-0.1, -0.05) is 0 Å². The highest BCUT2D eigenvalue weighted by Gasteiger charge is 2.20. The van der Waals surface area contributed by atoms with Crippen LogP contribution in [0.25, 0.3) is 0 Å². The van der Waals surface area contributed by atoms with E-state index in [0.29, 0.717) is 0 Å². The summed E-state index contributed by atoms with van der Waals surface area (Å²) in [6.45, 7) is 1.06. The third-order valence-electron chi connectivity index (χ3n) is 1.46. The highest BCUT2D eigenvalue weighted by molar-refractivity contribution is 14.1. The molecule has 0 fully saturated rings. The number of hydrogen-bond acceptors (Lipinski definition) is 1. The molecule has 0 saturated carbocycles. The molecule has 66 valence electrons. The molecule has 1 aromatic carbocycles. The first kappa shape index (κ1) is 9.63. The maximum Gasteiger partial charge on any atom is 0.176 e. The van der Waals surface area contributed by atoms with Crippen LogP contribution in [0.4, 0.5) is 13.2 Å². The van der Waals surface area contributed by atoms with Crippen LogP contribution in [-0.2, 0) is 0 Å². The molecule has 0 unspecified atom stereocenters. The molecule has 0 saturated heterocycles. The molecule has 0 radical (unpaired) electrons. The number of hydrogen-bond donors (Lipinski definition) is 1. The minimum Gasteiger partial charge on any atom is -0.504 e. The first-order chi connectivity index (χ1) is 5.46. The fourth-order valence-corrected chi connectivity index (χ4v) is 1.21. The standard InChI is InChI=1S/C7H4F3IO/c1-2-3(8)5(10)6(11)7(12)4(2)9/h12H,1H3. The summed E-state index contributed by atoms with van der Waals surface area (Å²) >= 11 is 1.33. The average Bonchev–Trinajstić information content (AvgIpc) is 2.08. The van der Waals surface area contributed by atoms with E-state index in [0.717, 1.165) is 6.92 Å². The number of halogens is 4. The number of benzene rings is 1. The van der Waals surface area contributed by atoms with Crippen molar-refractivity contribution in [3.05, 3.63) is 26.6 Å². The lowest BCUT2D eigenvalue weighted by molar-refractivity contribution is 0.402. The number of rotatable bonds is 0. The second-order valence-electron chi connectivity index (χ2n) is 2.23. The summed E-state index contributed by atoms with van der Waals surface area (Å²) in [4.78, 5) is 0. The Morgan fingerprint density at radius 1 is 1.08 bits per heavy atom. The van der Waals surface area contributed by atoms with Crippen molar-refractivity contribution in [3.8, 4) is 5.75 Å². The third kappa shape index (κ3) is 1.26. The Balaban J connectivity index is 3.60. The molecule has 1 rings (SSSR count). The van der Waals surface area contributed by atoms with E-state index in [2.05, 4.69) is 0 Å². The molecule has 1 aromatic rings. The first-order valence-corrected chi connectivity index (χ1v) is 4.06. The van der Waals surface area contributed by atoms with E-state index >= 15 is 0 Å². The molecule has 0 amide bonds. The van der Waals surface area contributed by atoms with Gasteiger partial charge in [0.2, 0.25) is 0 Å². The molecule has 0 bridgehead atoms. The molecule has 5 heteroatoms. The lowest BCUT2D eigenvalue weighted by Gasteiger charge is -2.04. The first-order valence-electron chi connectivity index (χ1n) is 2.98. The Morgan fingerprint density at radius 2 is 1.58 bits per heavy atom. The SMILES string of the molecule is Cc1c(F)c(O)c(I)c(F)c1F. The van der Waals surface area contributed by atoms with Crippen molar-refractivity contribution in [2.45, 2.75) is 6.92 Å². The molecular formula is C7H4F3IO. The molecule has 0 aliphatic heterocycles. The van der Waals surface area contributed by atoms with Gasteiger partial charge in [0.25, 0.3) is 0 Å². The van der Waals surface area contributed by atoms with Crippen LogP contribution >= 0.6 is 22.6 Å². The zero-order valence-corrected chi connectivity index (χ0v) is 8.12. The van der Waals surface area contributed by atoms with E-state index < -0.39 is 32.3 Å². The van der Waals surface area contributed by atoms with Crippen LogP contribution in [0.5, 0.6) is 5.75 Å². The van der Waals surface area contributed by atoms with Crippen molar-refractivity contribution >= 4 is 22.6 Å². The van der Waals surface area contributed by atoms with E-state index in [9.17, 15) is 13.2 Å². The summed E-state index contributed by atoms with van der Waals surface area (Å²) in [7, 11) is 0. The Hall–Kier alpha value is -0.460. The van der Waals surface area contributed by atoms with Crippen molar-refractivity contribution < 1.29 is 18.3 Å². The molecule has 0 aliphatic rings. The molecule has 1 N–H and O–H groups in total. The fourth-order valence-electron chi connectivity index (χ4n) is 0.735. The summed E-state index contributed by atoms with van der Waals surface area (Å²) in [5, 5.41) is 8.90. The van der Waals surface area contributed by atoms with Gasteiger partial charge in [-0.2, -0.15) is 0 Å². The normalized spacial score (nSPS) is 10.4. The smallest absolute Gasteiger partial charge is 0.176 e. The predicted octanol–water partition coefficient (Wildman–Crippen LogP) is 2.72. The van der Waals surface area contributed by atoms with Crippen molar-refractivity contribution in [2.75, 3.05) is 0 Å². The Morgan fingerprint density at radius 3 is 2.08 bits per heavy atom. The third-order valence-corrected chi connectivity index (χ3v) is 2.44. The summed E-state index contributed by atoms with van der Waals surface area (Å²) < 4.78 is 37.8. The maximum atomic E-state index is 12.8. The quantitative estimate of drug-likeness (QED) is 0.442. The van der Waals surface area contributed by atoms with Gasteiger partial charge in [-0.3, -0.25) is 0 Å². The summed E-state index contributed by atoms with van der Waals surface area (Å²) in [6.07, 6.45) is 0. The monoisotopic (exact) mass is 288 g/mol. The van der Waals surface area contributed by atoms with Crippen LogP contribution in [0.2, 0.25) is 0 Å². The maximum absolute atomic E-state index is 12.8. The lowest BCUT2D eigenvalue weighted by Crippen LogP contribution is -1.98. The minimum absolute atomic E-state index is 0.437. The number of phenolic OH excluding ortho intramolecular Hbond substituents is 1. The van der Waals surface area contributed by atoms with Gasteiger partial charge in [0.05, 0.1) is 3.57 Å². The van der Waals surface area contributed by atoms with E-state index in [1.807, 2.05) is 0 Å². The van der Waals surface area contributed by atoms with Gasteiger partial charge in [0, 0.05) is 5.56 Å². The Kier molecular flexibility index (Phi) is 2.50. The van der Waals surface area contributed by atoms with Crippen LogP contribution in [0, 0.1) is 27.9 Å².